The smallest absolute Gasteiger partial charge is 0.135 e. The van der Waals surface area contributed by atoms with Crippen LogP contribution < -0.4 is 4.74 Å². The topological polar surface area (TPSA) is 9.23 Å². The lowest BCUT2D eigenvalue weighted by atomic mass is 9.70. The number of rotatable bonds is 2. The van der Waals surface area contributed by atoms with Gasteiger partial charge in [0.25, 0.3) is 0 Å². The molecule has 3 aliphatic rings. The standard InChI is InChI=1S/C57H32OS/c1-2-13-35-33(12-1)26-29-49-53(35)43-15-3-6-22-46(43)57(49)47-23-7-4-16-44(47)54-39(20-11-24-48(54)57)37-28-31-51-55-40(37)18-10-19-41(55)45-32-34(27-30-50(45)58-51)36-17-9-21-42-38-14-5-8-25-52(38)59-56(36)42/h1-32H. The molecule has 14 rings (SSSR count). The van der Waals surface area contributed by atoms with Crippen LogP contribution in [-0.2, 0) is 5.41 Å². The Morgan fingerprint density at radius 2 is 0.983 bits per heavy atom. The third-order valence-electron chi connectivity index (χ3n) is 13.5. The Kier molecular flexibility index (Phi) is 6.16. The molecule has 1 atom stereocenters. The fourth-order valence-electron chi connectivity index (χ4n) is 11.2. The number of thiophene rings is 1. The molecule has 2 heterocycles. The van der Waals surface area contributed by atoms with E-state index in [2.05, 4.69) is 194 Å². The highest BCUT2D eigenvalue weighted by molar-refractivity contribution is 7.26. The molecule has 1 nitrogen and oxygen atoms in total. The van der Waals surface area contributed by atoms with Gasteiger partial charge in [-0.3, -0.25) is 0 Å². The molecule has 1 aromatic heterocycles. The highest BCUT2D eigenvalue weighted by Crippen LogP contribution is 2.65. The van der Waals surface area contributed by atoms with E-state index in [0.29, 0.717) is 0 Å². The molecular weight excluding hydrogens is 733 g/mol. The van der Waals surface area contributed by atoms with Gasteiger partial charge in [-0.05, 0) is 113 Å². The lowest BCUT2D eigenvalue weighted by Crippen LogP contribution is -2.25. The first kappa shape index (κ1) is 31.8. The van der Waals surface area contributed by atoms with Crippen molar-refractivity contribution in [3.8, 4) is 67.1 Å². The van der Waals surface area contributed by atoms with Gasteiger partial charge < -0.3 is 4.74 Å². The summed E-state index contributed by atoms with van der Waals surface area (Å²) in [6.07, 6.45) is 0. The van der Waals surface area contributed by atoms with Gasteiger partial charge in [-0.1, -0.05) is 170 Å². The molecule has 1 unspecified atom stereocenters. The molecule has 0 bridgehead atoms. The lowest BCUT2D eigenvalue weighted by Gasteiger charge is -2.30. The molecule has 0 N–H and O–H groups in total. The first-order valence-corrected chi connectivity index (χ1v) is 21.2. The van der Waals surface area contributed by atoms with Gasteiger partial charge in [0.05, 0.1) is 5.41 Å². The SMILES string of the molecule is c1ccc2c(c1)-c1c(-c3ccc4c5c(cccc35)-c3cc(-c5cccc6c5sc5ccccc56)ccc3O4)cccc1C21c2ccccc2-c2c1ccc1ccccc21. The van der Waals surface area contributed by atoms with Gasteiger partial charge in [0.15, 0.2) is 0 Å². The summed E-state index contributed by atoms with van der Waals surface area (Å²) in [4.78, 5) is 0. The van der Waals surface area contributed by atoms with E-state index in [1.807, 2.05) is 11.3 Å². The normalized spacial score (nSPS) is 15.3. The Morgan fingerprint density at radius 3 is 1.86 bits per heavy atom. The van der Waals surface area contributed by atoms with Crippen LogP contribution in [0.15, 0.2) is 194 Å². The molecule has 2 aliphatic carbocycles. The first-order chi connectivity index (χ1) is 29.3. The van der Waals surface area contributed by atoms with E-state index in [4.69, 9.17) is 4.74 Å². The van der Waals surface area contributed by atoms with E-state index in [-0.39, 0.29) is 0 Å². The largest absolute Gasteiger partial charge is 0.456 e. The summed E-state index contributed by atoms with van der Waals surface area (Å²) in [6.45, 7) is 0. The Morgan fingerprint density at radius 1 is 0.356 bits per heavy atom. The third kappa shape index (κ3) is 3.99. The minimum Gasteiger partial charge on any atom is -0.456 e. The van der Waals surface area contributed by atoms with E-state index < -0.39 is 5.41 Å². The molecule has 0 saturated carbocycles. The van der Waals surface area contributed by atoms with Gasteiger partial charge >= 0.3 is 0 Å². The second kappa shape index (κ2) is 11.4. The van der Waals surface area contributed by atoms with Crippen LogP contribution >= 0.6 is 11.3 Å². The highest BCUT2D eigenvalue weighted by Gasteiger charge is 2.52. The molecule has 59 heavy (non-hydrogen) atoms. The van der Waals surface area contributed by atoms with Crippen LogP contribution in [0.2, 0.25) is 0 Å². The van der Waals surface area contributed by atoms with E-state index in [0.717, 1.165) is 22.4 Å². The van der Waals surface area contributed by atoms with Gasteiger partial charge in [-0.25, -0.2) is 0 Å². The van der Waals surface area contributed by atoms with Crippen LogP contribution in [0, 0.1) is 0 Å². The van der Waals surface area contributed by atoms with Gasteiger partial charge in [0, 0.05) is 31.1 Å². The summed E-state index contributed by atoms with van der Waals surface area (Å²) >= 11 is 1.88. The number of ether oxygens (including phenoxy) is 1. The summed E-state index contributed by atoms with van der Waals surface area (Å²) in [5.41, 5.74) is 17.6. The van der Waals surface area contributed by atoms with Crippen LogP contribution in [0.5, 0.6) is 11.5 Å². The molecule has 0 radical (unpaired) electrons. The number of hydrogen-bond donors (Lipinski definition) is 0. The van der Waals surface area contributed by atoms with Crippen molar-refractivity contribution in [1.29, 1.82) is 0 Å². The quantitative estimate of drug-likeness (QED) is 0.170. The van der Waals surface area contributed by atoms with Crippen LogP contribution in [0.1, 0.15) is 22.3 Å². The van der Waals surface area contributed by atoms with Crippen molar-refractivity contribution in [3.63, 3.8) is 0 Å². The molecule has 10 aromatic carbocycles. The van der Waals surface area contributed by atoms with E-state index >= 15 is 0 Å². The third-order valence-corrected chi connectivity index (χ3v) is 14.7. The van der Waals surface area contributed by atoms with Crippen LogP contribution in [0.25, 0.3) is 97.4 Å². The molecule has 11 aromatic rings. The molecule has 1 spiro atoms. The maximum absolute atomic E-state index is 6.81. The van der Waals surface area contributed by atoms with E-state index in [9.17, 15) is 0 Å². The summed E-state index contributed by atoms with van der Waals surface area (Å²) in [5.74, 6) is 1.80. The fourth-order valence-corrected chi connectivity index (χ4v) is 12.4. The van der Waals surface area contributed by atoms with Crippen LogP contribution in [-0.4, -0.2) is 0 Å². The summed E-state index contributed by atoms with van der Waals surface area (Å²) in [6, 6.07) is 72.3. The number of fused-ring (bicyclic) bond motifs is 17. The molecule has 272 valence electrons. The zero-order valence-electron chi connectivity index (χ0n) is 31.8. The minimum absolute atomic E-state index is 0.431. The Bertz CT molecular complexity index is 3660. The van der Waals surface area contributed by atoms with E-state index in [1.165, 1.54) is 109 Å². The monoisotopic (exact) mass is 764 g/mol. The molecule has 2 heteroatoms. The predicted molar refractivity (Wildman–Crippen MR) is 247 cm³/mol. The molecular formula is C57H32OS. The average molecular weight is 765 g/mol. The second-order valence-electron chi connectivity index (χ2n) is 16.2. The van der Waals surface area contributed by atoms with Crippen molar-refractivity contribution >= 4 is 53.1 Å². The van der Waals surface area contributed by atoms with Crippen molar-refractivity contribution < 1.29 is 4.74 Å². The van der Waals surface area contributed by atoms with Gasteiger partial charge in [-0.15, -0.1) is 11.3 Å². The molecule has 0 saturated heterocycles. The van der Waals surface area contributed by atoms with Crippen LogP contribution in [0.3, 0.4) is 0 Å². The van der Waals surface area contributed by atoms with Crippen molar-refractivity contribution in [2.45, 2.75) is 5.41 Å². The zero-order valence-corrected chi connectivity index (χ0v) is 32.6. The minimum atomic E-state index is -0.431. The Hall–Kier alpha value is -7.26. The van der Waals surface area contributed by atoms with Crippen LogP contribution in [0.4, 0.5) is 0 Å². The van der Waals surface area contributed by atoms with Crippen molar-refractivity contribution in [3.05, 3.63) is 216 Å². The Balaban J connectivity index is 0.994. The molecule has 0 amide bonds. The Labute approximate surface area is 345 Å². The van der Waals surface area contributed by atoms with Crippen molar-refractivity contribution in [2.75, 3.05) is 0 Å². The van der Waals surface area contributed by atoms with Gasteiger partial charge in [-0.2, -0.15) is 0 Å². The zero-order chi connectivity index (χ0) is 38.4. The average Bonchev–Trinajstić information content (AvgIpc) is 3.94. The predicted octanol–water partition coefficient (Wildman–Crippen LogP) is 15.8. The number of benzene rings is 10. The van der Waals surface area contributed by atoms with Crippen molar-refractivity contribution in [1.82, 2.24) is 0 Å². The summed E-state index contributed by atoms with van der Waals surface area (Å²) in [5, 5.41) is 7.58. The lowest BCUT2D eigenvalue weighted by molar-refractivity contribution is 0.487. The number of hydrogen-bond acceptors (Lipinski definition) is 2. The molecule has 0 fully saturated rings. The summed E-state index contributed by atoms with van der Waals surface area (Å²) < 4.78 is 9.45. The fraction of sp³-hybridized carbons (Fsp3) is 0.0175. The second-order valence-corrected chi connectivity index (χ2v) is 17.3. The van der Waals surface area contributed by atoms with Gasteiger partial charge in [0.2, 0.25) is 0 Å². The van der Waals surface area contributed by atoms with Gasteiger partial charge in [0.1, 0.15) is 11.5 Å². The highest BCUT2D eigenvalue weighted by atomic mass is 32.1. The summed E-state index contributed by atoms with van der Waals surface area (Å²) in [7, 11) is 0. The maximum Gasteiger partial charge on any atom is 0.135 e. The molecule has 1 aliphatic heterocycles. The maximum atomic E-state index is 6.81. The first-order valence-electron chi connectivity index (χ1n) is 20.4. The van der Waals surface area contributed by atoms with Crippen molar-refractivity contribution in [2.24, 2.45) is 0 Å². The van der Waals surface area contributed by atoms with E-state index in [1.54, 1.807) is 0 Å².